The van der Waals surface area contributed by atoms with Crippen LogP contribution in [0.5, 0.6) is 0 Å². The van der Waals surface area contributed by atoms with E-state index >= 15 is 0 Å². The van der Waals surface area contributed by atoms with Crippen LogP contribution in [-0.4, -0.2) is 34.0 Å². The fourth-order valence-corrected chi connectivity index (χ4v) is 1.93. The number of hydrogen-bond acceptors (Lipinski definition) is 5. The molecule has 0 fully saturated rings. The summed E-state index contributed by atoms with van der Waals surface area (Å²) in [5.74, 6) is 4.29. The zero-order valence-electron chi connectivity index (χ0n) is 11.7. The van der Waals surface area contributed by atoms with Crippen LogP contribution >= 0.6 is 0 Å². The Labute approximate surface area is 121 Å². The molecule has 1 aromatic carbocycles. The van der Waals surface area contributed by atoms with E-state index in [1.165, 1.54) is 18.3 Å². The topological polar surface area (TPSA) is 89.1 Å². The van der Waals surface area contributed by atoms with Crippen LogP contribution in [0.1, 0.15) is 17.4 Å². The van der Waals surface area contributed by atoms with Crippen LogP contribution in [0.25, 0.3) is 0 Å². The van der Waals surface area contributed by atoms with Crippen molar-refractivity contribution < 1.29 is 9.18 Å². The smallest absolute Gasteiger partial charge is 0.287 e. The van der Waals surface area contributed by atoms with E-state index in [1.807, 2.05) is 12.3 Å². The molecule has 8 heteroatoms. The minimum absolute atomic E-state index is 0.169. The molecule has 0 aliphatic heterocycles. The Morgan fingerprint density at radius 2 is 2.14 bits per heavy atom. The average molecular weight is 292 g/mol. The minimum Gasteiger partial charge on any atom is -0.370 e. The van der Waals surface area contributed by atoms with Crippen LogP contribution in [0.15, 0.2) is 30.5 Å². The summed E-state index contributed by atoms with van der Waals surface area (Å²) in [5.41, 5.74) is 3.10. The Morgan fingerprint density at radius 3 is 2.76 bits per heavy atom. The van der Waals surface area contributed by atoms with Crippen molar-refractivity contribution in [1.82, 2.24) is 20.4 Å². The monoisotopic (exact) mass is 292 g/mol. The number of halogens is 1. The van der Waals surface area contributed by atoms with Gasteiger partial charge in [-0.05, 0) is 31.2 Å². The van der Waals surface area contributed by atoms with Crippen molar-refractivity contribution in [3.63, 3.8) is 0 Å². The number of nitrogen functional groups attached to an aromatic ring is 1. The zero-order valence-corrected chi connectivity index (χ0v) is 11.7. The van der Waals surface area contributed by atoms with Gasteiger partial charge in [-0.1, -0.05) is 5.21 Å². The fourth-order valence-electron chi connectivity index (χ4n) is 1.93. The quantitative estimate of drug-likeness (QED) is 0.461. The van der Waals surface area contributed by atoms with E-state index in [0.29, 0.717) is 13.1 Å². The van der Waals surface area contributed by atoms with Crippen LogP contribution in [0.4, 0.5) is 10.1 Å². The summed E-state index contributed by atoms with van der Waals surface area (Å²) in [6, 6.07) is 6.31. The molecule has 1 amide bonds. The fraction of sp³-hybridized carbons (Fsp3) is 0.308. The molecule has 0 aliphatic carbocycles. The first-order valence-electron chi connectivity index (χ1n) is 6.55. The second-order valence-electron chi connectivity index (χ2n) is 4.40. The van der Waals surface area contributed by atoms with Crippen molar-refractivity contribution in [1.29, 1.82) is 0 Å². The Morgan fingerprint density at radius 1 is 1.43 bits per heavy atom. The van der Waals surface area contributed by atoms with E-state index in [9.17, 15) is 9.18 Å². The maximum atomic E-state index is 12.9. The number of benzene rings is 1. The average Bonchev–Trinajstić information content (AvgIpc) is 2.97. The van der Waals surface area contributed by atoms with E-state index in [0.717, 1.165) is 12.2 Å². The predicted molar refractivity (Wildman–Crippen MR) is 76.0 cm³/mol. The molecule has 0 unspecified atom stereocenters. The van der Waals surface area contributed by atoms with Gasteiger partial charge in [-0.3, -0.25) is 10.2 Å². The third-order valence-electron chi connectivity index (χ3n) is 3.07. The van der Waals surface area contributed by atoms with Crippen molar-refractivity contribution >= 4 is 11.6 Å². The highest BCUT2D eigenvalue weighted by atomic mass is 19.1. The molecule has 1 aromatic heterocycles. The molecule has 3 N–H and O–H groups in total. The highest BCUT2D eigenvalue weighted by molar-refractivity contribution is 5.91. The summed E-state index contributed by atoms with van der Waals surface area (Å²) < 4.78 is 14.5. The van der Waals surface area contributed by atoms with Gasteiger partial charge in [0.15, 0.2) is 5.69 Å². The van der Waals surface area contributed by atoms with Crippen LogP contribution < -0.4 is 16.2 Å². The summed E-state index contributed by atoms with van der Waals surface area (Å²) >= 11 is 0. The number of carbonyl (C=O) groups is 1. The lowest BCUT2D eigenvalue weighted by Crippen LogP contribution is -2.30. The molecule has 112 valence electrons. The summed E-state index contributed by atoms with van der Waals surface area (Å²) in [6.45, 7) is 4.00. The molecule has 0 bridgehead atoms. The van der Waals surface area contributed by atoms with Gasteiger partial charge < -0.3 is 4.90 Å². The lowest BCUT2D eigenvalue weighted by Gasteiger charge is -2.22. The van der Waals surface area contributed by atoms with Crippen molar-refractivity contribution in [3.05, 3.63) is 42.0 Å². The van der Waals surface area contributed by atoms with Gasteiger partial charge in [-0.25, -0.2) is 14.9 Å². The minimum atomic E-state index is -0.480. The zero-order chi connectivity index (χ0) is 15.2. The number of nitrogens with one attached hydrogen (secondary N) is 1. The van der Waals surface area contributed by atoms with Crippen LogP contribution in [0, 0.1) is 5.82 Å². The van der Waals surface area contributed by atoms with E-state index < -0.39 is 5.91 Å². The molecule has 0 saturated heterocycles. The third kappa shape index (κ3) is 3.76. The standard InChI is InChI=1S/C13H17FN6O/c1-2-19(11-5-3-10(14)4-6-11)7-8-20-9-12(17-18-20)13(21)16-15/h3-6,9H,2,7-8,15H2,1H3,(H,16,21). The van der Waals surface area contributed by atoms with Crippen molar-refractivity contribution in [2.45, 2.75) is 13.5 Å². The van der Waals surface area contributed by atoms with E-state index in [4.69, 9.17) is 5.84 Å². The summed E-state index contributed by atoms with van der Waals surface area (Å²) in [6.07, 6.45) is 1.53. The lowest BCUT2D eigenvalue weighted by molar-refractivity contribution is 0.0948. The molecule has 21 heavy (non-hydrogen) atoms. The maximum Gasteiger partial charge on any atom is 0.287 e. The molecule has 0 aliphatic rings. The van der Waals surface area contributed by atoms with E-state index in [2.05, 4.69) is 15.2 Å². The first-order valence-corrected chi connectivity index (χ1v) is 6.55. The lowest BCUT2D eigenvalue weighted by atomic mass is 10.3. The summed E-state index contributed by atoms with van der Waals surface area (Å²) in [7, 11) is 0. The van der Waals surface area contributed by atoms with Crippen LogP contribution in [0.3, 0.4) is 0 Å². The maximum absolute atomic E-state index is 12.9. The Hall–Kier alpha value is -2.48. The number of rotatable bonds is 6. The van der Waals surface area contributed by atoms with Crippen molar-refractivity contribution in [2.75, 3.05) is 18.0 Å². The Bertz CT molecular complexity index is 597. The normalized spacial score (nSPS) is 10.4. The largest absolute Gasteiger partial charge is 0.370 e. The van der Waals surface area contributed by atoms with Gasteiger partial charge >= 0.3 is 0 Å². The third-order valence-corrected chi connectivity index (χ3v) is 3.07. The number of amides is 1. The summed E-state index contributed by atoms with van der Waals surface area (Å²) in [5, 5.41) is 7.59. The van der Waals surface area contributed by atoms with Crippen LogP contribution in [0.2, 0.25) is 0 Å². The highest BCUT2D eigenvalue weighted by Crippen LogP contribution is 2.14. The van der Waals surface area contributed by atoms with E-state index in [-0.39, 0.29) is 11.5 Å². The molecule has 0 radical (unpaired) electrons. The predicted octanol–water partition coefficient (Wildman–Crippen LogP) is 0.547. The molecular formula is C13H17FN6O. The first kappa shape index (κ1) is 14.9. The van der Waals surface area contributed by atoms with E-state index in [1.54, 1.807) is 16.8 Å². The number of nitrogens with zero attached hydrogens (tertiary/aromatic N) is 4. The second-order valence-corrected chi connectivity index (χ2v) is 4.40. The number of hydrazine groups is 1. The molecular weight excluding hydrogens is 275 g/mol. The van der Waals surface area contributed by atoms with Crippen molar-refractivity contribution in [2.24, 2.45) is 5.84 Å². The number of likely N-dealkylation sites (N-methyl/N-ethyl adjacent to an activating group) is 1. The molecule has 1 heterocycles. The van der Waals surface area contributed by atoms with Gasteiger partial charge in [0.2, 0.25) is 0 Å². The Kier molecular flexibility index (Phi) is 4.83. The molecule has 2 aromatic rings. The number of nitrogens with two attached hydrogens (primary N) is 1. The highest BCUT2D eigenvalue weighted by Gasteiger charge is 2.10. The molecule has 0 atom stereocenters. The van der Waals surface area contributed by atoms with Gasteiger partial charge in [-0.2, -0.15) is 0 Å². The Balaban J connectivity index is 1.98. The summed E-state index contributed by atoms with van der Waals surface area (Å²) in [4.78, 5) is 13.3. The van der Waals surface area contributed by atoms with Gasteiger partial charge in [0.05, 0.1) is 12.7 Å². The number of carbonyl (C=O) groups excluding carboxylic acids is 1. The molecule has 2 rings (SSSR count). The van der Waals surface area contributed by atoms with Crippen molar-refractivity contribution in [3.8, 4) is 0 Å². The van der Waals surface area contributed by atoms with Gasteiger partial charge in [-0.15, -0.1) is 5.10 Å². The molecule has 0 spiro atoms. The number of aromatic nitrogens is 3. The first-order chi connectivity index (χ1) is 10.1. The van der Waals surface area contributed by atoms with Gasteiger partial charge in [0, 0.05) is 18.8 Å². The molecule has 0 saturated carbocycles. The van der Waals surface area contributed by atoms with Gasteiger partial charge in [0.1, 0.15) is 5.82 Å². The number of hydrogen-bond donors (Lipinski definition) is 2. The van der Waals surface area contributed by atoms with Gasteiger partial charge in [0.25, 0.3) is 5.91 Å². The molecule has 7 nitrogen and oxygen atoms in total. The second kappa shape index (κ2) is 6.80. The van der Waals surface area contributed by atoms with Crippen LogP contribution in [-0.2, 0) is 6.54 Å². The SMILES string of the molecule is CCN(CCn1cc(C(=O)NN)nn1)c1ccc(F)cc1. The number of anilines is 1.